The number of hydrogen-bond donors (Lipinski definition) is 1. The average molecular weight is 170 g/mol. The van der Waals surface area contributed by atoms with E-state index in [2.05, 4.69) is 0 Å². The molecule has 0 spiro atoms. The second kappa shape index (κ2) is 3.17. The van der Waals surface area contributed by atoms with Crippen molar-refractivity contribution >= 4 is 6.29 Å². The molecule has 0 amide bonds. The van der Waals surface area contributed by atoms with Crippen molar-refractivity contribution in [3.05, 3.63) is 0 Å². The predicted molar refractivity (Wildman–Crippen MR) is 47.9 cm³/mol. The van der Waals surface area contributed by atoms with Crippen LogP contribution >= 0.6 is 0 Å². The van der Waals surface area contributed by atoms with Gasteiger partial charge in [0.15, 0.2) is 0 Å². The summed E-state index contributed by atoms with van der Waals surface area (Å²) in [5.74, 6) is 0. The molecule has 1 fully saturated rings. The molecule has 0 aromatic rings. The zero-order valence-corrected chi connectivity index (χ0v) is 7.97. The molecule has 0 radical (unpaired) electrons. The van der Waals surface area contributed by atoms with Gasteiger partial charge in [-0.3, -0.25) is 0 Å². The average Bonchev–Trinajstić information content (AvgIpc) is 1.97. The fraction of sp³-hybridized carbons (Fsp3) is 0.900. The lowest BCUT2D eigenvalue weighted by Gasteiger charge is -2.41. The predicted octanol–water partition coefficient (Wildman–Crippen LogP) is 1.91. The molecule has 0 aliphatic heterocycles. The molecule has 1 unspecified atom stereocenters. The molecular formula is C10H18O2. The quantitative estimate of drug-likeness (QED) is 0.654. The van der Waals surface area contributed by atoms with E-state index in [9.17, 15) is 9.90 Å². The van der Waals surface area contributed by atoms with Gasteiger partial charge in [-0.1, -0.05) is 13.3 Å². The van der Waals surface area contributed by atoms with Crippen LogP contribution in [0.1, 0.15) is 46.0 Å². The fourth-order valence-electron chi connectivity index (χ4n) is 1.85. The molecular weight excluding hydrogens is 152 g/mol. The molecule has 2 nitrogen and oxygen atoms in total. The number of carbonyl (C=O) groups is 1. The van der Waals surface area contributed by atoms with Gasteiger partial charge >= 0.3 is 0 Å². The van der Waals surface area contributed by atoms with Crippen molar-refractivity contribution in [1.82, 2.24) is 0 Å². The highest BCUT2D eigenvalue weighted by molar-refractivity contribution is 5.61. The lowest BCUT2D eigenvalue weighted by molar-refractivity contribution is -0.126. The summed E-state index contributed by atoms with van der Waals surface area (Å²) in [7, 11) is 0. The molecule has 2 heteroatoms. The summed E-state index contributed by atoms with van der Waals surface area (Å²) < 4.78 is 0. The highest BCUT2D eigenvalue weighted by Crippen LogP contribution is 2.45. The van der Waals surface area contributed by atoms with Crippen molar-refractivity contribution in [3.63, 3.8) is 0 Å². The van der Waals surface area contributed by atoms with Crippen LogP contribution in [0.15, 0.2) is 0 Å². The molecule has 0 aromatic carbocycles. The van der Waals surface area contributed by atoms with Gasteiger partial charge in [-0.25, -0.2) is 0 Å². The number of aliphatic hydroxyl groups is 1. The first-order chi connectivity index (χ1) is 5.54. The van der Waals surface area contributed by atoms with E-state index in [1.807, 2.05) is 13.8 Å². The molecule has 0 aromatic heterocycles. The fourth-order valence-corrected chi connectivity index (χ4v) is 1.85. The van der Waals surface area contributed by atoms with Crippen LogP contribution in [-0.4, -0.2) is 17.0 Å². The van der Waals surface area contributed by atoms with Crippen molar-refractivity contribution in [2.45, 2.75) is 51.6 Å². The van der Waals surface area contributed by atoms with Crippen molar-refractivity contribution in [2.75, 3.05) is 0 Å². The van der Waals surface area contributed by atoms with Crippen molar-refractivity contribution in [2.24, 2.45) is 5.41 Å². The van der Waals surface area contributed by atoms with Gasteiger partial charge < -0.3 is 9.90 Å². The summed E-state index contributed by atoms with van der Waals surface area (Å²) in [5, 5.41) is 9.80. The Balaban J connectivity index is 2.53. The molecule has 0 heterocycles. The Labute approximate surface area is 74.0 Å². The zero-order valence-electron chi connectivity index (χ0n) is 7.97. The molecule has 0 saturated heterocycles. The summed E-state index contributed by atoms with van der Waals surface area (Å²) in [6.45, 7) is 3.77. The lowest BCUT2D eigenvalue weighted by Crippen LogP contribution is -2.39. The third-order valence-electron chi connectivity index (χ3n) is 3.09. The monoisotopic (exact) mass is 170 g/mol. The first-order valence-corrected chi connectivity index (χ1v) is 4.72. The van der Waals surface area contributed by atoms with E-state index >= 15 is 0 Å². The Morgan fingerprint density at radius 1 is 1.58 bits per heavy atom. The Morgan fingerprint density at radius 3 is 2.42 bits per heavy atom. The van der Waals surface area contributed by atoms with E-state index in [-0.39, 0.29) is 5.41 Å². The van der Waals surface area contributed by atoms with Gasteiger partial charge in [0, 0.05) is 5.41 Å². The molecule has 1 aliphatic carbocycles. The van der Waals surface area contributed by atoms with E-state index < -0.39 is 5.60 Å². The Morgan fingerprint density at radius 2 is 2.17 bits per heavy atom. The van der Waals surface area contributed by atoms with Gasteiger partial charge in [0.05, 0.1) is 5.60 Å². The SMILES string of the molecule is CCC(C)(O)CC1(C=O)CCC1. The maximum atomic E-state index is 10.8. The van der Waals surface area contributed by atoms with E-state index in [1.54, 1.807) is 0 Å². The zero-order chi connectivity index (χ0) is 9.24. The molecule has 12 heavy (non-hydrogen) atoms. The van der Waals surface area contributed by atoms with E-state index in [0.29, 0.717) is 6.42 Å². The number of carbonyl (C=O) groups excluding carboxylic acids is 1. The molecule has 1 rings (SSSR count). The van der Waals surface area contributed by atoms with Crippen LogP contribution in [0.2, 0.25) is 0 Å². The maximum Gasteiger partial charge on any atom is 0.126 e. The highest BCUT2D eigenvalue weighted by atomic mass is 16.3. The van der Waals surface area contributed by atoms with Gasteiger partial charge in [-0.2, -0.15) is 0 Å². The van der Waals surface area contributed by atoms with Crippen LogP contribution in [0.3, 0.4) is 0 Å². The van der Waals surface area contributed by atoms with Gasteiger partial charge in [-0.05, 0) is 32.6 Å². The Kier molecular flexibility index (Phi) is 2.57. The summed E-state index contributed by atoms with van der Waals surface area (Å²) in [4.78, 5) is 10.8. The first-order valence-electron chi connectivity index (χ1n) is 4.72. The first kappa shape index (κ1) is 9.72. The van der Waals surface area contributed by atoms with Gasteiger partial charge in [-0.15, -0.1) is 0 Å². The smallest absolute Gasteiger partial charge is 0.126 e. The second-order valence-electron chi connectivity index (χ2n) is 4.36. The standard InChI is InChI=1S/C10H18O2/c1-3-9(2,12)7-10(8-11)5-4-6-10/h8,12H,3-7H2,1-2H3. The highest BCUT2D eigenvalue weighted by Gasteiger charge is 2.41. The second-order valence-corrected chi connectivity index (χ2v) is 4.36. The van der Waals surface area contributed by atoms with Crippen LogP contribution in [0.5, 0.6) is 0 Å². The van der Waals surface area contributed by atoms with Crippen LogP contribution in [0.4, 0.5) is 0 Å². The molecule has 70 valence electrons. The van der Waals surface area contributed by atoms with Crippen LogP contribution in [0, 0.1) is 5.41 Å². The van der Waals surface area contributed by atoms with E-state index in [0.717, 1.165) is 32.0 Å². The number of rotatable bonds is 4. The maximum absolute atomic E-state index is 10.8. The summed E-state index contributed by atoms with van der Waals surface area (Å²) >= 11 is 0. The molecule has 1 saturated carbocycles. The summed E-state index contributed by atoms with van der Waals surface area (Å²) in [6.07, 6.45) is 5.47. The summed E-state index contributed by atoms with van der Waals surface area (Å²) in [6, 6.07) is 0. The Bertz CT molecular complexity index is 169. The van der Waals surface area contributed by atoms with Crippen LogP contribution in [-0.2, 0) is 4.79 Å². The lowest BCUT2D eigenvalue weighted by atomic mass is 9.64. The number of hydrogen-bond acceptors (Lipinski definition) is 2. The third kappa shape index (κ3) is 1.86. The molecule has 1 aliphatic rings. The van der Waals surface area contributed by atoms with Gasteiger partial charge in [0.2, 0.25) is 0 Å². The van der Waals surface area contributed by atoms with Gasteiger partial charge in [0.1, 0.15) is 6.29 Å². The van der Waals surface area contributed by atoms with Crippen molar-refractivity contribution in [3.8, 4) is 0 Å². The number of aldehydes is 1. The normalized spacial score (nSPS) is 25.6. The minimum atomic E-state index is -0.651. The minimum absolute atomic E-state index is 0.181. The molecule has 1 atom stereocenters. The third-order valence-corrected chi connectivity index (χ3v) is 3.09. The molecule has 0 bridgehead atoms. The minimum Gasteiger partial charge on any atom is -0.390 e. The van der Waals surface area contributed by atoms with Crippen LogP contribution < -0.4 is 0 Å². The van der Waals surface area contributed by atoms with E-state index in [1.165, 1.54) is 0 Å². The summed E-state index contributed by atoms with van der Waals surface area (Å²) in [5.41, 5.74) is -0.832. The largest absolute Gasteiger partial charge is 0.390 e. The van der Waals surface area contributed by atoms with Crippen molar-refractivity contribution in [1.29, 1.82) is 0 Å². The van der Waals surface area contributed by atoms with Crippen molar-refractivity contribution < 1.29 is 9.90 Å². The van der Waals surface area contributed by atoms with E-state index in [4.69, 9.17) is 0 Å². The Hall–Kier alpha value is -0.370. The van der Waals surface area contributed by atoms with Crippen LogP contribution in [0.25, 0.3) is 0 Å². The van der Waals surface area contributed by atoms with Gasteiger partial charge in [0.25, 0.3) is 0 Å². The molecule has 1 N–H and O–H groups in total. The topological polar surface area (TPSA) is 37.3 Å².